The second-order valence-electron chi connectivity index (χ2n) is 8.37. The van der Waals surface area contributed by atoms with Crippen LogP contribution in [0.5, 0.6) is 0 Å². The van der Waals surface area contributed by atoms with Gasteiger partial charge in [0.1, 0.15) is 10.9 Å². The minimum Gasteiger partial charge on any atom is -0.351 e. The molecule has 1 N–H and O–H groups in total. The Labute approximate surface area is 193 Å². The lowest BCUT2D eigenvalue weighted by Gasteiger charge is -2.32. The first-order chi connectivity index (χ1) is 15.5. The second kappa shape index (κ2) is 10.1. The van der Waals surface area contributed by atoms with Gasteiger partial charge in [-0.25, -0.2) is 4.98 Å². The zero-order valence-corrected chi connectivity index (χ0v) is 19.4. The molecule has 0 unspecified atom stereocenters. The summed E-state index contributed by atoms with van der Waals surface area (Å²) in [5.74, 6) is -0.279. The lowest BCUT2D eigenvalue weighted by Crippen LogP contribution is -2.45. The highest BCUT2D eigenvalue weighted by atomic mass is 32.1. The van der Waals surface area contributed by atoms with E-state index >= 15 is 0 Å². The molecule has 5 nitrogen and oxygen atoms in total. The first kappa shape index (κ1) is 22.2. The summed E-state index contributed by atoms with van der Waals surface area (Å²) < 4.78 is 0. The fourth-order valence-electron chi connectivity index (χ4n) is 4.38. The summed E-state index contributed by atoms with van der Waals surface area (Å²) in [6, 6.07) is 18.9. The van der Waals surface area contributed by atoms with Gasteiger partial charge < -0.3 is 10.2 Å². The number of rotatable bonds is 7. The number of carbonyl (C=O) groups is 2. The molecule has 1 aliphatic rings. The Bertz CT molecular complexity index is 1060. The number of nitrogens with zero attached hydrogens (tertiary/aromatic N) is 2. The zero-order valence-electron chi connectivity index (χ0n) is 18.6. The molecule has 0 radical (unpaired) electrons. The molecule has 2 amide bonds. The highest BCUT2D eigenvalue weighted by Gasteiger charge is 2.35. The standard InChI is InChI=1S/C26H29N3O2S/c1-18-24(32-19(2)27-18)26(31)29(17-20-11-5-3-6-12-20)23(21-13-7-4-8-14-21)25(30)28-22-15-9-10-16-22/h3-8,11-14,22-23H,9-10,15-17H2,1-2H3,(H,28,30)/t23-/m0/s1. The van der Waals surface area contributed by atoms with Crippen LogP contribution in [0.25, 0.3) is 0 Å². The smallest absolute Gasteiger partial charge is 0.267 e. The van der Waals surface area contributed by atoms with Gasteiger partial charge in [-0.2, -0.15) is 0 Å². The molecule has 2 aromatic carbocycles. The van der Waals surface area contributed by atoms with Crippen molar-refractivity contribution in [2.75, 3.05) is 0 Å². The van der Waals surface area contributed by atoms with Crippen LogP contribution in [0, 0.1) is 13.8 Å². The summed E-state index contributed by atoms with van der Waals surface area (Å²) in [6.45, 7) is 4.10. The van der Waals surface area contributed by atoms with Crippen molar-refractivity contribution in [1.82, 2.24) is 15.2 Å². The summed E-state index contributed by atoms with van der Waals surface area (Å²) in [4.78, 5) is 34.2. The maximum absolute atomic E-state index is 13.9. The van der Waals surface area contributed by atoms with Gasteiger partial charge in [0.25, 0.3) is 5.91 Å². The Hall–Kier alpha value is -2.99. The van der Waals surface area contributed by atoms with Gasteiger partial charge in [-0.05, 0) is 37.8 Å². The molecule has 32 heavy (non-hydrogen) atoms. The zero-order chi connectivity index (χ0) is 22.5. The number of aromatic nitrogens is 1. The van der Waals surface area contributed by atoms with E-state index in [1.54, 1.807) is 4.90 Å². The van der Waals surface area contributed by atoms with Crippen molar-refractivity contribution in [3.8, 4) is 0 Å². The molecular weight excluding hydrogens is 418 g/mol. The average molecular weight is 448 g/mol. The van der Waals surface area contributed by atoms with Gasteiger partial charge in [0.15, 0.2) is 0 Å². The van der Waals surface area contributed by atoms with Crippen LogP contribution in [-0.2, 0) is 11.3 Å². The fraction of sp³-hybridized carbons (Fsp3) is 0.346. The van der Waals surface area contributed by atoms with E-state index in [4.69, 9.17) is 0 Å². The van der Waals surface area contributed by atoms with Crippen molar-refractivity contribution < 1.29 is 9.59 Å². The number of amides is 2. The van der Waals surface area contributed by atoms with E-state index in [9.17, 15) is 9.59 Å². The van der Waals surface area contributed by atoms with Crippen molar-refractivity contribution in [3.05, 3.63) is 87.4 Å². The fourth-order valence-corrected chi connectivity index (χ4v) is 5.25. The van der Waals surface area contributed by atoms with Gasteiger partial charge in [-0.3, -0.25) is 9.59 Å². The minimum atomic E-state index is -0.716. The molecule has 0 bridgehead atoms. The molecule has 4 rings (SSSR count). The monoisotopic (exact) mass is 447 g/mol. The largest absolute Gasteiger partial charge is 0.351 e. The van der Waals surface area contributed by atoms with Crippen LogP contribution in [0.4, 0.5) is 0 Å². The van der Waals surface area contributed by atoms with E-state index in [-0.39, 0.29) is 17.9 Å². The van der Waals surface area contributed by atoms with E-state index in [0.717, 1.165) is 41.8 Å². The number of hydrogen-bond donors (Lipinski definition) is 1. The van der Waals surface area contributed by atoms with Gasteiger partial charge in [0.05, 0.1) is 10.7 Å². The number of aryl methyl sites for hydroxylation is 2. The molecule has 0 aliphatic heterocycles. The van der Waals surface area contributed by atoms with Crippen molar-refractivity contribution in [2.45, 2.75) is 58.2 Å². The number of thiazole rings is 1. The third-order valence-corrected chi connectivity index (χ3v) is 6.99. The number of carbonyl (C=O) groups excluding carboxylic acids is 2. The normalized spacial score (nSPS) is 14.8. The number of hydrogen-bond acceptors (Lipinski definition) is 4. The van der Waals surface area contributed by atoms with Crippen LogP contribution in [0.15, 0.2) is 60.7 Å². The highest BCUT2D eigenvalue weighted by molar-refractivity contribution is 7.13. The Kier molecular flexibility index (Phi) is 7.00. The van der Waals surface area contributed by atoms with Crippen LogP contribution in [0.2, 0.25) is 0 Å². The van der Waals surface area contributed by atoms with Gasteiger partial charge >= 0.3 is 0 Å². The maximum Gasteiger partial charge on any atom is 0.267 e. The van der Waals surface area contributed by atoms with Crippen LogP contribution < -0.4 is 5.32 Å². The van der Waals surface area contributed by atoms with E-state index in [1.807, 2.05) is 74.5 Å². The summed E-state index contributed by atoms with van der Waals surface area (Å²) in [6.07, 6.45) is 4.25. The first-order valence-electron chi connectivity index (χ1n) is 11.2. The Morgan fingerprint density at radius 3 is 2.25 bits per heavy atom. The van der Waals surface area contributed by atoms with Crippen molar-refractivity contribution >= 4 is 23.2 Å². The lowest BCUT2D eigenvalue weighted by atomic mass is 10.0. The highest BCUT2D eigenvalue weighted by Crippen LogP contribution is 2.29. The molecule has 1 fully saturated rings. The third-order valence-electron chi connectivity index (χ3n) is 5.93. The minimum absolute atomic E-state index is 0.119. The molecule has 1 aromatic heterocycles. The predicted octanol–water partition coefficient (Wildman–Crippen LogP) is 5.20. The van der Waals surface area contributed by atoms with E-state index in [0.29, 0.717) is 17.1 Å². The van der Waals surface area contributed by atoms with Gasteiger partial charge in [-0.15, -0.1) is 11.3 Å². The molecule has 166 valence electrons. The summed E-state index contributed by atoms with van der Waals surface area (Å²) in [7, 11) is 0. The predicted molar refractivity (Wildman–Crippen MR) is 127 cm³/mol. The number of nitrogens with one attached hydrogen (secondary N) is 1. The summed E-state index contributed by atoms with van der Waals surface area (Å²) >= 11 is 1.38. The average Bonchev–Trinajstić information content (AvgIpc) is 3.43. The van der Waals surface area contributed by atoms with Crippen molar-refractivity contribution in [3.63, 3.8) is 0 Å². The van der Waals surface area contributed by atoms with E-state index < -0.39 is 6.04 Å². The van der Waals surface area contributed by atoms with Gasteiger partial charge in [-0.1, -0.05) is 73.5 Å². The molecule has 0 saturated heterocycles. The summed E-state index contributed by atoms with van der Waals surface area (Å²) in [5.41, 5.74) is 2.50. The molecule has 1 heterocycles. The van der Waals surface area contributed by atoms with E-state index in [2.05, 4.69) is 10.3 Å². The Morgan fingerprint density at radius 2 is 1.66 bits per heavy atom. The van der Waals surface area contributed by atoms with Crippen molar-refractivity contribution in [2.24, 2.45) is 0 Å². The molecule has 6 heteroatoms. The van der Waals surface area contributed by atoms with Crippen molar-refractivity contribution in [1.29, 1.82) is 0 Å². The molecule has 3 aromatic rings. The lowest BCUT2D eigenvalue weighted by molar-refractivity contribution is -0.126. The van der Waals surface area contributed by atoms with Crippen LogP contribution in [0.3, 0.4) is 0 Å². The van der Waals surface area contributed by atoms with Gasteiger partial charge in [0, 0.05) is 12.6 Å². The molecule has 0 spiro atoms. The molecule has 1 atom stereocenters. The molecular formula is C26H29N3O2S. The third kappa shape index (κ3) is 5.07. The summed E-state index contributed by atoms with van der Waals surface area (Å²) in [5, 5.41) is 4.07. The topological polar surface area (TPSA) is 62.3 Å². The Balaban J connectivity index is 1.75. The van der Waals surface area contributed by atoms with E-state index in [1.165, 1.54) is 11.3 Å². The molecule has 1 saturated carbocycles. The quantitative estimate of drug-likeness (QED) is 0.541. The van der Waals surface area contributed by atoms with Crippen LogP contribution in [-0.4, -0.2) is 27.7 Å². The Morgan fingerprint density at radius 1 is 1.03 bits per heavy atom. The molecule has 1 aliphatic carbocycles. The maximum atomic E-state index is 13.9. The van der Waals surface area contributed by atoms with Gasteiger partial charge in [0.2, 0.25) is 5.91 Å². The van der Waals surface area contributed by atoms with Crippen LogP contribution in [0.1, 0.15) is 63.2 Å². The SMILES string of the molecule is Cc1nc(C)c(C(=O)N(Cc2ccccc2)[C@H](C(=O)NC2CCCC2)c2ccccc2)s1. The second-order valence-corrected chi connectivity index (χ2v) is 9.57. The number of benzene rings is 2. The first-order valence-corrected chi connectivity index (χ1v) is 12.0. The van der Waals surface area contributed by atoms with Crippen LogP contribution >= 0.6 is 11.3 Å².